The van der Waals surface area contributed by atoms with Gasteiger partial charge < -0.3 is 9.30 Å². The zero-order chi connectivity index (χ0) is 20.0. The molecule has 156 valence electrons. The molecule has 0 radical (unpaired) electrons. The van der Waals surface area contributed by atoms with E-state index < -0.39 is 0 Å². The van der Waals surface area contributed by atoms with Gasteiger partial charge in [-0.05, 0) is 63.9 Å². The fraction of sp³-hybridized carbons (Fsp3) is 0.625. The molecule has 1 saturated carbocycles. The fourth-order valence-corrected chi connectivity index (χ4v) is 5.76. The highest BCUT2D eigenvalue weighted by molar-refractivity contribution is 6.35. The van der Waals surface area contributed by atoms with Crippen LogP contribution < -0.4 is 0 Å². The van der Waals surface area contributed by atoms with E-state index in [1.807, 2.05) is 24.4 Å². The van der Waals surface area contributed by atoms with E-state index in [1.165, 1.54) is 38.5 Å². The van der Waals surface area contributed by atoms with Gasteiger partial charge in [0, 0.05) is 48.9 Å². The lowest BCUT2D eigenvalue weighted by atomic mass is 9.99. The predicted molar refractivity (Wildman–Crippen MR) is 117 cm³/mol. The number of aromatic nitrogens is 1. The molecular formula is C24H31ClN2O2. The minimum Gasteiger partial charge on any atom is -0.378 e. The molecular weight excluding hydrogens is 384 g/mol. The van der Waals surface area contributed by atoms with Crippen molar-refractivity contribution >= 4 is 28.3 Å². The molecule has 5 heteroatoms. The van der Waals surface area contributed by atoms with Gasteiger partial charge in [0.1, 0.15) is 0 Å². The third kappa shape index (κ3) is 3.99. The van der Waals surface area contributed by atoms with Crippen LogP contribution in [0.15, 0.2) is 24.4 Å². The minimum atomic E-state index is 0.0994. The number of aryl methyl sites for hydroxylation is 1. The van der Waals surface area contributed by atoms with E-state index in [4.69, 9.17) is 16.3 Å². The number of hydrogen-bond acceptors (Lipinski definition) is 3. The lowest BCUT2D eigenvalue weighted by molar-refractivity contribution is -0.0241. The number of hydrogen-bond donors (Lipinski definition) is 0. The maximum absolute atomic E-state index is 12.1. The second-order valence-electron chi connectivity index (χ2n) is 9.27. The van der Waals surface area contributed by atoms with Crippen molar-refractivity contribution < 1.29 is 9.53 Å². The van der Waals surface area contributed by atoms with Crippen LogP contribution in [0.3, 0.4) is 0 Å². The normalized spacial score (nSPS) is 27.0. The molecule has 2 saturated heterocycles. The number of ketones is 1. The molecule has 0 N–H and O–H groups in total. The summed E-state index contributed by atoms with van der Waals surface area (Å²) >= 11 is 6.48. The number of ether oxygens (including phenoxy) is 1. The molecule has 1 aromatic heterocycles. The molecule has 29 heavy (non-hydrogen) atoms. The number of piperidine rings is 1. The van der Waals surface area contributed by atoms with E-state index in [1.54, 1.807) is 6.92 Å². The second-order valence-corrected chi connectivity index (χ2v) is 9.68. The quantitative estimate of drug-likeness (QED) is 0.549. The zero-order valence-electron chi connectivity index (χ0n) is 17.3. The largest absolute Gasteiger partial charge is 0.378 e. The van der Waals surface area contributed by atoms with Gasteiger partial charge in [0.05, 0.1) is 16.6 Å². The summed E-state index contributed by atoms with van der Waals surface area (Å²) in [7, 11) is 0. The SMILES string of the molecule is CC(=O)c1cn(CCCN2[C@@H]3CC[C@H]2CC(OCC2CC2)C3)c2c(Cl)cccc12. The van der Waals surface area contributed by atoms with Gasteiger partial charge >= 0.3 is 0 Å². The van der Waals surface area contributed by atoms with Gasteiger partial charge in [-0.15, -0.1) is 0 Å². The lowest BCUT2D eigenvalue weighted by Crippen LogP contribution is -2.46. The highest BCUT2D eigenvalue weighted by atomic mass is 35.5. The highest BCUT2D eigenvalue weighted by Gasteiger charge is 2.41. The maximum Gasteiger partial charge on any atom is 0.161 e. The number of fused-ring (bicyclic) bond motifs is 3. The van der Waals surface area contributed by atoms with Gasteiger partial charge in [-0.3, -0.25) is 9.69 Å². The number of rotatable bonds is 8. The molecule has 0 spiro atoms. The average molecular weight is 415 g/mol. The monoisotopic (exact) mass is 414 g/mol. The Morgan fingerprint density at radius 3 is 2.59 bits per heavy atom. The van der Waals surface area contributed by atoms with Crippen molar-refractivity contribution in [3.63, 3.8) is 0 Å². The molecule has 3 fully saturated rings. The Balaban J connectivity index is 1.21. The first-order valence-corrected chi connectivity index (χ1v) is 11.6. The van der Waals surface area contributed by atoms with E-state index in [0.717, 1.165) is 53.5 Å². The number of para-hydroxylation sites is 1. The summed E-state index contributed by atoms with van der Waals surface area (Å²) < 4.78 is 8.40. The van der Waals surface area contributed by atoms with E-state index in [2.05, 4.69) is 9.47 Å². The van der Waals surface area contributed by atoms with Crippen LogP contribution in [0.4, 0.5) is 0 Å². The Hall–Kier alpha value is -1.36. The van der Waals surface area contributed by atoms with Crippen LogP contribution in [0.2, 0.25) is 5.02 Å². The van der Waals surface area contributed by atoms with Crippen molar-refractivity contribution in [3.05, 3.63) is 35.0 Å². The molecule has 1 unspecified atom stereocenters. The number of carbonyl (C=O) groups excluding carboxylic acids is 1. The number of benzene rings is 1. The summed E-state index contributed by atoms with van der Waals surface area (Å²) in [4.78, 5) is 14.8. The van der Waals surface area contributed by atoms with Crippen LogP contribution in [-0.4, -0.2) is 46.6 Å². The summed E-state index contributed by atoms with van der Waals surface area (Å²) in [5.41, 5.74) is 1.77. The standard InChI is InChI=1S/C24H31ClN2O2/c1-16(28)22-14-26(24-21(22)4-2-5-23(24)25)10-3-11-27-18-8-9-19(27)13-20(12-18)29-15-17-6-7-17/h2,4-5,14,17-20H,3,6-13,15H2,1H3/t18-,19+,20?. The second kappa shape index (κ2) is 8.05. The molecule has 4 nitrogen and oxygen atoms in total. The Labute approximate surface area is 178 Å². The average Bonchev–Trinajstić information content (AvgIpc) is 3.40. The fourth-order valence-electron chi connectivity index (χ4n) is 5.48. The first kappa shape index (κ1) is 19.6. The molecule has 0 amide bonds. The lowest BCUT2D eigenvalue weighted by Gasteiger charge is -2.39. The molecule has 2 aliphatic heterocycles. The van der Waals surface area contributed by atoms with Gasteiger partial charge in [0.2, 0.25) is 0 Å². The zero-order valence-corrected chi connectivity index (χ0v) is 18.0. The Morgan fingerprint density at radius 2 is 1.90 bits per heavy atom. The maximum atomic E-state index is 12.1. The van der Waals surface area contributed by atoms with Gasteiger partial charge in [0.15, 0.2) is 5.78 Å². The molecule has 3 atom stereocenters. The van der Waals surface area contributed by atoms with E-state index in [9.17, 15) is 4.79 Å². The van der Waals surface area contributed by atoms with E-state index in [-0.39, 0.29) is 5.78 Å². The van der Waals surface area contributed by atoms with Crippen LogP contribution in [-0.2, 0) is 11.3 Å². The summed E-state index contributed by atoms with van der Waals surface area (Å²) in [5.74, 6) is 0.955. The van der Waals surface area contributed by atoms with Gasteiger partial charge in [0.25, 0.3) is 0 Å². The van der Waals surface area contributed by atoms with Crippen molar-refractivity contribution in [1.82, 2.24) is 9.47 Å². The van der Waals surface area contributed by atoms with Gasteiger partial charge in [-0.2, -0.15) is 0 Å². The molecule has 2 aromatic rings. The number of nitrogens with zero attached hydrogens (tertiary/aromatic N) is 2. The third-order valence-corrected chi connectivity index (χ3v) is 7.45. The molecule has 3 heterocycles. The number of halogens is 1. The van der Waals surface area contributed by atoms with Crippen LogP contribution in [0.1, 0.15) is 62.2 Å². The highest BCUT2D eigenvalue weighted by Crippen LogP contribution is 2.38. The van der Waals surface area contributed by atoms with Crippen LogP contribution >= 0.6 is 11.6 Å². The van der Waals surface area contributed by atoms with Crippen LogP contribution in [0.25, 0.3) is 10.9 Å². The summed E-state index contributed by atoms with van der Waals surface area (Å²) in [6.07, 6.45) is 11.3. The first-order valence-electron chi connectivity index (χ1n) is 11.3. The van der Waals surface area contributed by atoms with Crippen molar-refractivity contribution in [2.24, 2.45) is 5.92 Å². The van der Waals surface area contributed by atoms with Crippen LogP contribution in [0, 0.1) is 5.92 Å². The smallest absolute Gasteiger partial charge is 0.161 e. The molecule has 1 aromatic carbocycles. The molecule has 2 bridgehead atoms. The molecule has 1 aliphatic carbocycles. The Morgan fingerprint density at radius 1 is 1.14 bits per heavy atom. The summed E-state index contributed by atoms with van der Waals surface area (Å²) in [6.45, 7) is 4.63. The third-order valence-electron chi connectivity index (χ3n) is 7.15. The molecule has 5 rings (SSSR count). The van der Waals surface area contributed by atoms with Crippen molar-refractivity contribution in [3.8, 4) is 0 Å². The topological polar surface area (TPSA) is 34.5 Å². The van der Waals surface area contributed by atoms with Gasteiger partial charge in [-0.1, -0.05) is 23.7 Å². The first-order chi connectivity index (χ1) is 14.1. The number of carbonyl (C=O) groups is 1. The minimum absolute atomic E-state index is 0.0994. The Kier molecular flexibility index (Phi) is 5.44. The van der Waals surface area contributed by atoms with Gasteiger partial charge in [-0.25, -0.2) is 0 Å². The van der Waals surface area contributed by atoms with E-state index >= 15 is 0 Å². The van der Waals surface area contributed by atoms with Crippen LogP contribution in [0.5, 0.6) is 0 Å². The molecule has 3 aliphatic rings. The Bertz CT molecular complexity index is 890. The summed E-state index contributed by atoms with van der Waals surface area (Å²) in [5, 5.41) is 1.70. The number of Topliss-reactive ketones (excluding diaryl/α,β-unsaturated/α-hetero) is 1. The van der Waals surface area contributed by atoms with Crippen molar-refractivity contribution in [1.29, 1.82) is 0 Å². The van der Waals surface area contributed by atoms with Crippen molar-refractivity contribution in [2.75, 3.05) is 13.2 Å². The van der Waals surface area contributed by atoms with E-state index in [0.29, 0.717) is 18.2 Å². The summed E-state index contributed by atoms with van der Waals surface area (Å²) in [6, 6.07) is 7.22. The van der Waals surface area contributed by atoms with Crippen molar-refractivity contribution in [2.45, 2.75) is 76.6 Å². The predicted octanol–water partition coefficient (Wildman–Crippen LogP) is 5.31.